The molecule has 2 N–H and O–H groups in total. The number of hydrogen-bond donors (Lipinski definition) is 1. The fraction of sp³-hybridized carbons (Fsp3) is 0.0833. The Balaban J connectivity index is 2.58. The molecule has 0 aliphatic rings. The van der Waals surface area contributed by atoms with Crippen LogP contribution in [-0.4, -0.2) is 8.42 Å². The first-order valence-electron chi connectivity index (χ1n) is 5.22. The number of aryl methyl sites for hydroxylation is 1. The molecule has 0 atom stereocenters. The maximum atomic E-state index is 11.5. The van der Waals surface area contributed by atoms with Gasteiger partial charge in [0.05, 0.1) is 4.90 Å². The van der Waals surface area contributed by atoms with Crippen molar-refractivity contribution in [2.75, 3.05) is 0 Å². The van der Waals surface area contributed by atoms with Crippen LogP contribution in [0.2, 0.25) is 0 Å². The summed E-state index contributed by atoms with van der Waals surface area (Å²) in [6, 6.07) is 7.64. The van der Waals surface area contributed by atoms with Crippen LogP contribution in [0, 0.1) is 6.92 Å². The van der Waals surface area contributed by atoms with E-state index in [1.807, 2.05) is 0 Å². The van der Waals surface area contributed by atoms with E-state index in [0.29, 0.717) is 21.4 Å². The molecule has 2 aromatic rings. The van der Waals surface area contributed by atoms with Gasteiger partial charge in [0, 0.05) is 5.56 Å². The Morgan fingerprint density at radius 1 is 1.21 bits per heavy atom. The third kappa shape index (κ3) is 2.94. The first-order chi connectivity index (χ1) is 8.79. The summed E-state index contributed by atoms with van der Waals surface area (Å²) in [5.74, 6) is 0.471. The molecule has 0 aliphatic carbocycles. The fourth-order valence-corrected chi connectivity index (χ4v) is 2.57. The van der Waals surface area contributed by atoms with E-state index < -0.39 is 15.6 Å². The Kier molecular flexibility index (Phi) is 3.62. The Morgan fingerprint density at radius 3 is 2.32 bits per heavy atom. The Bertz CT molecular complexity index is 778. The number of nitrogens with two attached hydrogens (primary N) is 1. The van der Waals surface area contributed by atoms with Crippen molar-refractivity contribution < 1.29 is 12.8 Å². The highest BCUT2D eigenvalue weighted by molar-refractivity contribution is 9.10. The number of halogens is 1. The van der Waals surface area contributed by atoms with Crippen molar-refractivity contribution in [2.45, 2.75) is 11.8 Å². The molecule has 5 nitrogen and oxygen atoms in total. The first kappa shape index (κ1) is 14.0. The summed E-state index contributed by atoms with van der Waals surface area (Å²) in [5.41, 5.74) is 0.843. The molecule has 0 saturated heterocycles. The number of benzene rings is 1. The molecule has 0 aliphatic heterocycles. The lowest BCUT2D eigenvalue weighted by molar-refractivity contribution is 0.477. The van der Waals surface area contributed by atoms with Crippen LogP contribution >= 0.6 is 15.9 Å². The molecule has 2 rings (SSSR count). The van der Waals surface area contributed by atoms with Crippen LogP contribution in [0.1, 0.15) is 5.76 Å². The van der Waals surface area contributed by atoms with Gasteiger partial charge in [-0.1, -0.05) is 12.1 Å². The summed E-state index contributed by atoms with van der Waals surface area (Å²) in [5, 5.41) is 5.02. The average Bonchev–Trinajstić information content (AvgIpc) is 2.33. The van der Waals surface area contributed by atoms with Crippen molar-refractivity contribution in [3.8, 4) is 11.1 Å². The van der Waals surface area contributed by atoms with Gasteiger partial charge in [0.15, 0.2) is 0 Å². The van der Waals surface area contributed by atoms with Crippen LogP contribution in [0.3, 0.4) is 0 Å². The van der Waals surface area contributed by atoms with E-state index in [-0.39, 0.29) is 4.90 Å². The quantitative estimate of drug-likeness (QED) is 0.902. The second kappa shape index (κ2) is 4.92. The van der Waals surface area contributed by atoms with E-state index in [2.05, 4.69) is 15.9 Å². The van der Waals surface area contributed by atoms with Crippen LogP contribution in [0.25, 0.3) is 11.1 Å². The molecule has 0 bridgehead atoms. The third-order valence-electron chi connectivity index (χ3n) is 2.51. The highest BCUT2D eigenvalue weighted by Gasteiger charge is 2.11. The second-order valence-electron chi connectivity index (χ2n) is 3.94. The van der Waals surface area contributed by atoms with Crippen molar-refractivity contribution in [3.05, 3.63) is 51.0 Å². The van der Waals surface area contributed by atoms with Gasteiger partial charge in [0.2, 0.25) is 10.0 Å². The van der Waals surface area contributed by atoms with Crippen LogP contribution in [0.15, 0.2) is 48.9 Å². The largest absolute Gasteiger partial charge is 0.427 e. The predicted molar refractivity (Wildman–Crippen MR) is 74.2 cm³/mol. The van der Waals surface area contributed by atoms with Crippen molar-refractivity contribution >= 4 is 26.0 Å². The summed E-state index contributed by atoms with van der Waals surface area (Å²) >= 11 is 3.16. The zero-order valence-corrected chi connectivity index (χ0v) is 12.3. The van der Waals surface area contributed by atoms with Crippen LogP contribution < -0.4 is 10.8 Å². The van der Waals surface area contributed by atoms with Crippen molar-refractivity contribution in [1.29, 1.82) is 0 Å². The Morgan fingerprint density at radius 2 is 1.79 bits per heavy atom. The minimum Gasteiger partial charge on any atom is -0.427 e. The zero-order valence-electron chi connectivity index (χ0n) is 9.88. The van der Waals surface area contributed by atoms with E-state index in [0.717, 1.165) is 0 Å². The molecular weight excluding hydrogens is 334 g/mol. The lowest BCUT2D eigenvalue weighted by Crippen LogP contribution is -2.11. The van der Waals surface area contributed by atoms with Crippen molar-refractivity contribution in [1.82, 2.24) is 0 Å². The monoisotopic (exact) mass is 343 g/mol. The Labute approximate surface area is 118 Å². The highest BCUT2D eigenvalue weighted by atomic mass is 79.9. The first-order valence-corrected chi connectivity index (χ1v) is 7.56. The van der Waals surface area contributed by atoms with Gasteiger partial charge in [-0.15, -0.1) is 0 Å². The third-order valence-corrected chi connectivity index (χ3v) is 4.19. The van der Waals surface area contributed by atoms with E-state index in [1.54, 1.807) is 25.1 Å². The molecule has 0 fully saturated rings. The maximum absolute atomic E-state index is 11.5. The number of primary sulfonamides is 1. The van der Waals surface area contributed by atoms with E-state index in [4.69, 9.17) is 9.56 Å². The number of hydrogen-bond acceptors (Lipinski definition) is 4. The van der Waals surface area contributed by atoms with Gasteiger partial charge >= 0.3 is 5.63 Å². The van der Waals surface area contributed by atoms with Crippen LogP contribution in [0.4, 0.5) is 0 Å². The maximum Gasteiger partial charge on any atom is 0.350 e. The van der Waals surface area contributed by atoms with Gasteiger partial charge in [-0.25, -0.2) is 18.4 Å². The predicted octanol–water partition coefficient (Wildman–Crippen LogP) is 2.03. The van der Waals surface area contributed by atoms with Crippen LogP contribution in [0.5, 0.6) is 0 Å². The van der Waals surface area contributed by atoms with E-state index >= 15 is 0 Å². The molecule has 0 amide bonds. The minimum atomic E-state index is -3.72. The standard InChI is InChI=1S/C12H10BrNO4S/c1-7-6-10(11(13)12(15)18-7)8-2-4-9(5-3-8)19(14,16)17/h2-6H,1H3,(H2,14,16,17). The molecule has 1 aromatic heterocycles. The molecule has 100 valence electrons. The van der Waals surface area contributed by atoms with Crippen molar-refractivity contribution in [3.63, 3.8) is 0 Å². The fourth-order valence-electron chi connectivity index (χ4n) is 1.63. The van der Waals surface area contributed by atoms with Gasteiger partial charge in [0.1, 0.15) is 10.2 Å². The van der Waals surface area contributed by atoms with Gasteiger partial charge < -0.3 is 4.42 Å². The van der Waals surface area contributed by atoms with Gasteiger partial charge in [0.25, 0.3) is 0 Å². The molecule has 7 heteroatoms. The smallest absolute Gasteiger partial charge is 0.350 e. The van der Waals surface area contributed by atoms with E-state index in [9.17, 15) is 13.2 Å². The molecule has 0 unspecified atom stereocenters. The summed E-state index contributed by atoms with van der Waals surface area (Å²) in [6.07, 6.45) is 0. The number of sulfonamides is 1. The molecule has 0 spiro atoms. The molecule has 19 heavy (non-hydrogen) atoms. The van der Waals surface area contributed by atoms with E-state index in [1.165, 1.54) is 12.1 Å². The van der Waals surface area contributed by atoms with Crippen molar-refractivity contribution in [2.24, 2.45) is 5.14 Å². The SMILES string of the molecule is Cc1cc(-c2ccc(S(N)(=O)=O)cc2)c(Br)c(=O)o1. The zero-order chi connectivity index (χ0) is 14.2. The number of rotatable bonds is 2. The summed E-state index contributed by atoms with van der Waals surface area (Å²) in [7, 11) is -3.72. The van der Waals surface area contributed by atoms with Gasteiger partial charge in [-0.3, -0.25) is 0 Å². The van der Waals surface area contributed by atoms with Gasteiger partial charge in [-0.2, -0.15) is 0 Å². The molecular formula is C12H10BrNO4S. The molecule has 1 aromatic carbocycles. The van der Waals surface area contributed by atoms with Gasteiger partial charge in [-0.05, 0) is 46.6 Å². The molecule has 0 saturated carbocycles. The normalized spacial score (nSPS) is 11.5. The lowest BCUT2D eigenvalue weighted by atomic mass is 10.1. The minimum absolute atomic E-state index is 0.0204. The highest BCUT2D eigenvalue weighted by Crippen LogP contribution is 2.27. The molecule has 1 heterocycles. The average molecular weight is 344 g/mol. The summed E-state index contributed by atoms with van der Waals surface area (Å²) in [4.78, 5) is 11.6. The molecule has 0 radical (unpaired) electrons. The summed E-state index contributed by atoms with van der Waals surface area (Å²) in [6.45, 7) is 1.66. The summed E-state index contributed by atoms with van der Waals surface area (Å²) < 4.78 is 27.5. The Hall–Kier alpha value is -1.44. The lowest BCUT2D eigenvalue weighted by Gasteiger charge is -2.05. The second-order valence-corrected chi connectivity index (χ2v) is 6.30. The topological polar surface area (TPSA) is 90.4 Å². The van der Waals surface area contributed by atoms with Crippen LogP contribution in [-0.2, 0) is 10.0 Å².